The number of fused-ring (bicyclic) bond motifs is 1. The topological polar surface area (TPSA) is 58.5 Å². The third-order valence-corrected chi connectivity index (χ3v) is 7.93. The molecule has 4 saturated carbocycles. The Morgan fingerprint density at radius 1 is 1.07 bits per heavy atom. The molecule has 29 heavy (non-hydrogen) atoms. The number of amides is 1. The molecule has 1 aromatic carbocycles. The minimum absolute atomic E-state index is 0.0932. The predicted octanol–water partition coefficient (Wildman–Crippen LogP) is 4.35. The summed E-state index contributed by atoms with van der Waals surface area (Å²) in [5.41, 5.74) is 3.42. The van der Waals surface area contributed by atoms with Crippen LogP contribution < -0.4 is 5.32 Å². The Hall–Kier alpha value is -1.97. The van der Waals surface area contributed by atoms with Crippen molar-refractivity contribution in [3.8, 4) is 0 Å². The first-order chi connectivity index (χ1) is 13.8. The summed E-state index contributed by atoms with van der Waals surface area (Å²) in [6.45, 7) is 4.27. The lowest BCUT2D eigenvalue weighted by Crippen LogP contribution is -2.50. The Morgan fingerprint density at radius 2 is 1.69 bits per heavy atom. The molecule has 0 radical (unpaired) electrons. The van der Waals surface area contributed by atoms with Crippen LogP contribution in [-0.4, -0.2) is 30.0 Å². The first-order valence-corrected chi connectivity index (χ1v) is 11.2. The van der Waals surface area contributed by atoms with E-state index in [1.165, 1.54) is 24.8 Å². The maximum atomic E-state index is 13.7. The number of ketones is 1. The highest BCUT2D eigenvalue weighted by molar-refractivity contribution is 6.14. The number of carbonyl (C=O) groups is 2. The first kappa shape index (κ1) is 19.0. The highest BCUT2D eigenvalue weighted by atomic mass is 16.1. The molecule has 4 aliphatic carbocycles. The highest BCUT2D eigenvalue weighted by Crippen LogP contribution is 2.60. The summed E-state index contributed by atoms with van der Waals surface area (Å²) < 4.78 is 0. The molecular formula is C25H32N2O2. The number of benzene rings is 1. The van der Waals surface area contributed by atoms with E-state index in [2.05, 4.69) is 19.2 Å². The third kappa shape index (κ3) is 3.25. The Labute approximate surface area is 173 Å². The molecule has 1 heterocycles. The molecule has 0 spiro atoms. The van der Waals surface area contributed by atoms with Crippen LogP contribution in [0.25, 0.3) is 0 Å². The van der Waals surface area contributed by atoms with Crippen molar-refractivity contribution in [1.82, 2.24) is 5.32 Å². The summed E-state index contributed by atoms with van der Waals surface area (Å²) in [6.07, 6.45) is 8.58. The summed E-state index contributed by atoms with van der Waals surface area (Å²) in [7, 11) is 1.65. The van der Waals surface area contributed by atoms with Crippen LogP contribution in [0.2, 0.25) is 0 Å². The van der Waals surface area contributed by atoms with Crippen LogP contribution in [0.15, 0.2) is 23.2 Å². The van der Waals surface area contributed by atoms with Crippen LogP contribution in [0.5, 0.6) is 0 Å². The average molecular weight is 393 g/mol. The monoisotopic (exact) mass is 392 g/mol. The number of hydrogen-bond donors (Lipinski definition) is 1. The lowest BCUT2D eigenvalue weighted by Gasteiger charge is -2.56. The van der Waals surface area contributed by atoms with E-state index in [1.807, 2.05) is 18.2 Å². The summed E-state index contributed by atoms with van der Waals surface area (Å²) in [5.74, 6) is 2.61. The van der Waals surface area contributed by atoms with Gasteiger partial charge in [-0.15, -0.1) is 0 Å². The van der Waals surface area contributed by atoms with Gasteiger partial charge in [0.2, 0.25) is 0 Å². The molecule has 1 N–H and O–H groups in total. The number of aliphatic imine (C=N–C) groups is 1. The third-order valence-electron chi connectivity index (χ3n) is 7.93. The molecule has 0 unspecified atom stereocenters. The van der Waals surface area contributed by atoms with Crippen molar-refractivity contribution in [3.63, 3.8) is 0 Å². The minimum atomic E-state index is -0.210. The van der Waals surface area contributed by atoms with E-state index in [4.69, 9.17) is 4.99 Å². The maximum absolute atomic E-state index is 13.7. The average Bonchev–Trinajstić information content (AvgIpc) is 2.65. The van der Waals surface area contributed by atoms with Gasteiger partial charge in [0, 0.05) is 30.0 Å². The molecule has 0 aromatic heterocycles. The van der Waals surface area contributed by atoms with Crippen molar-refractivity contribution in [2.75, 3.05) is 7.05 Å². The normalized spacial score (nSPS) is 33.8. The van der Waals surface area contributed by atoms with Gasteiger partial charge in [-0.2, -0.15) is 0 Å². The SMILES string of the molecule is CNC(=O)c1ccc2c(c1)C(CC(=O)C13CC4CC(CC(C4)C1)C3)=NC(C)(C)C2. The van der Waals surface area contributed by atoms with Gasteiger partial charge in [0.25, 0.3) is 5.91 Å². The van der Waals surface area contributed by atoms with Crippen LogP contribution in [0.1, 0.15) is 80.3 Å². The Bertz CT molecular complexity index is 876. The smallest absolute Gasteiger partial charge is 0.251 e. The van der Waals surface area contributed by atoms with Crippen LogP contribution in [0, 0.1) is 23.2 Å². The molecular weight excluding hydrogens is 360 g/mol. The van der Waals surface area contributed by atoms with Gasteiger partial charge in [-0.3, -0.25) is 14.6 Å². The molecule has 0 saturated heterocycles. The molecule has 1 amide bonds. The summed E-state index contributed by atoms with van der Waals surface area (Å²) in [5, 5.41) is 2.70. The van der Waals surface area contributed by atoms with Gasteiger partial charge in [-0.25, -0.2) is 0 Å². The fraction of sp³-hybridized carbons (Fsp3) is 0.640. The van der Waals surface area contributed by atoms with Gasteiger partial charge in [0.15, 0.2) is 0 Å². The number of hydrogen-bond acceptors (Lipinski definition) is 3. The lowest BCUT2D eigenvalue weighted by molar-refractivity contribution is -0.142. The molecule has 4 nitrogen and oxygen atoms in total. The summed E-state index contributed by atoms with van der Waals surface area (Å²) >= 11 is 0. The van der Waals surface area contributed by atoms with Gasteiger partial charge >= 0.3 is 0 Å². The predicted molar refractivity (Wildman–Crippen MR) is 114 cm³/mol. The van der Waals surface area contributed by atoms with Crippen molar-refractivity contribution in [2.45, 2.75) is 70.8 Å². The van der Waals surface area contributed by atoms with Crippen molar-refractivity contribution >= 4 is 17.4 Å². The fourth-order valence-electron chi connectivity index (χ4n) is 7.14. The van der Waals surface area contributed by atoms with E-state index >= 15 is 0 Å². The second-order valence-corrected chi connectivity index (χ2v) is 10.8. The molecule has 4 fully saturated rings. The number of carbonyl (C=O) groups excluding carboxylic acids is 2. The van der Waals surface area contributed by atoms with Gasteiger partial charge in [0.05, 0.1) is 11.3 Å². The quantitative estimate of drug-likeness (QED) is 0.828. The maximum Gasteiger partial charge on any atom is 0.251 e. The lowest BCUT2D eigenvalue weighted by atomic mass is 9.48. The fourth-order valence-corrected chi connectivity index (χ4v) is 7.14. The number of nitrogens with one attached hydrogen (secondary N) is 1. The van der Waals surface area contributed by atoms with Gasteiger partial charge in [-0.05, 0) is 94.2 Å². The molecule has 5 aliphatic rings. The number of rotatable bonds is 4. The van der Waals surface area contributed by atoms with Crippen molar-refractivity contribution in [2.24, 2.45) is 28.2 Å². The van der Waals surface area contributed by atoms with E-state index < -0.39 is 0 Å². The Kier molecular flexibility index (Phi) is 4.27. The minimum Gasteiger partial charge on any atom is -0.355 e. The second kappa shape index (κ2) is 6.52. The highest BCUT2D eigenvalue weighted by Gasteiger charge is 2.54. The molecule has 1 aliphatic heterocycles. The largest absolute Gasteiger partial charge is 0.355 e. The van der Waals surface area contributed by atoms with Crippen LogP contribution >= 0.6 is 0 Å². The van der Waals surface area contributed by atoms with E-state index in [9.17, 15) is 9.59 Å². The molecule has 6 rings (SSSR count). The van der Waals surface area contributed by atoms with Crippen LogP contribution in [-0.2, 0) is 11.2 Å². The Morgan fingerprint density at radius 3 is 2.28 bits per heavy atom. The van der Waals surface area contributed by atoms with E-state index in [1.54, 1.807) is 7.05 Å². The van der Waals surface area contributed by atoms with Gasteiger partial charge < -0.3 is 5.32 Å². The zero-order valence-electron chi connectivity index (χ0n) is 17.9. The van der Waals surface area contributed by atoms with E-state index in [0.717, 1.165) is 54.7 Å². The molecule has 4 heteroatoms. The van der Waals surface area contributed by atoms with Crippen molar-refractivity contribution in [3.05, 3.63) is 34.9 Å². The van der Waals surface area contributed by atoms with Crippen molar-refractivity contribution in [1.29, 1.82) is 0 Å². The Balaban J connectivity index is 1.47. The number of nitrogens with zero attached hydrogens (tertiary/aromatic N) is 1. The zero-order chi connectivity index (χ0) is 20.4. The zero-order valence-corrected chi connectivity index (χ0v) is 17.9. The summed E-state index contributed by atoms with van der Waals surface area (Å²) in [4.78, 5) is 30.9. The molecule has 0 atom stereocenters. The molecule has 4 bridgehead atoms. The second-order valence-electron chi connectivity index (χ2n) is 10.8. The van der Waals surface area contributed by atoms with Crippen LogP contribution in [0.4, 0.5) is 0 Å². The van der Waals surface area contributed by atoms with Crippen molar-refractivity contribution < 1.29 is 9.59 Å². The van der Waals surface area contributed by atoms with Gasteiger partial charge in [-0.1, -0.05) is 6.07 Å². The summed E-state index contributed by atoms with van der Waals surface area (Å²) in [6, 6.07) is 5.87. The first-order valence-electron chi connectivity index (χ1n) is 11.2. The standard InChI is InChI=1S/C25H32N2O2/c1-24(2)14-19-5-4-18(23(29)26-3)9-20(19)21(27-24)10-22(28)25-11-15-6-16(12-25)8-17(7-15)13-25/h4-5,9,15-17H,6-8,10-14H2,1-3H3,(H,26,29). The van der Waals surface area contributed by atoms with Gasteiger partial charge in [0.1, 0.15) is 5.78 Å². The van der Waals surface area contributed by atoms with E-state index in [-0.39, 0.29) is 16.9 Å². The number of Topliss-reactive ketones (excluding diaryl/α,β-unsaturated/α-hetero) is 1. The van der Waals surface area contributed by atoms with Crippen LogP contribution in [0.3, 0.4) is 0 Å². The van der Waals surface area contributed by atoms with E-state index in [0.29, 0.717) is 17.8 Å². The molecule has 154 valence electrons. The molecule has 1 aromatic rings.